The Hall–Kier alpha value is -2.69. The highest BCUT2D eigenvalue weighted by atomic mass is 16.5. The van der Waals surface area contributed by atoms with E-state index < -0.39 is 0 Å². The number of fused-ring (bicyclic) bond motifs is 1. The van der Waals surface area contributed by atoms with Crippen LogP contribution in [0.2, 0.25) is 0 Å². The van der Waals surface area contributed by atoms with Gasteiger partial charge in [-0.1, -0.05) is 17.7 Å². The van der Waals surface area contributed by atoms with Crippen molar-refractivity contribution in [3.8, 4) is 11.5 Å². The molecule has 1 atom stereocenters. The molecule has 2 N–H and O–H groups in total. The number of aryl methyl sites for hydroxylation is 3. The average molecular weight is 340 g/mol. The fourth-order valence-corrected chi connectivity index (χ4v) is 3.30. The maximum absolute atomic E-state index is 12.4. The number of urea groups is 1. The largest absolute Gasteiger partial charge is 0.497 e. The van der Waals surface area contributed by atoms with Gasteiger partial charge >= 0.3 is 6.03 Å². The molecule has 3 rings (SSSR count). The molecule has 25 heavy (non-hydrogen) atoms. The van der Waals surface area contributed by atoms with E-state index in [1.165, 1.54) is 5.56 Å². The van der Waals surface area contributed by atoms with Crippen molar-refractivity contribution in [2.24, 2.45) is 0 Å². The van der Waals surface area contributed by atoms with Gasteiger partial charge in [-0.2, -0.15) is 0 Å². The van der Waals surface area contributed by atoms with E-state index in [4.69, 9.17) is 9.47 Å². The minimum absolute atomic E-state index is 0.0781. The Kier molecular flexibility index (Phi) is 4.83. The second-order valence-corrected chi connectivity index (χ2v) is 6.56. The molecule has 5 nitrogen and oxygen atoms in total. The minimum Gasteiger partial charge on any atom is -0.497 e. The van der Waals surface area contributed by atoms with Crippen LogP contribution in [0.4, 0.5) is 10.5 Å². The second-order valence-electron chi connectivity index (χ2n) is 6.56. The summed E-state index contributed by atoms with van der Waals surface area (Å²) in [7, 11) is 1.64. The zero-order valence-electron chi connectivity index (χ0n) is 15.1. The topological polar surface area (TPSA) is 59.6 Å². The Morgan fingerprint density at radius 1 is 1.16 bits per heavy atom. The van der Waals surface area contributed by atoms with Gasteiger partial charge in [-0.15, -0.1) is 0 Å². The number of anilines is 1. The SMILES string of the molecule is COc1ccc2c(c1)C[C@H](NC(=O)Nc1c(C)cc(C)cc1C)CO2. The first-order valence-electron chi connectivity index (χ1n) is 8.41. The molecule has 2 aromatic rings. The molecule has 0 bridgehead atoms. The average Bonchev–Trinajstić information content (AvgIpc) is 2.57. The molecule has 5 heteroatoms. The quantitative estimate of drug-likeness (QED) is 0.895. The van der Waals surface area contributed by atoms with Crippen molar-refractivity contribution in [3.05, 3.63) is 52.6 Å². The van der Waals surface area contributed by atoms with E-state index in [0.29, 0.717) is 13.0 Å². The highest BCUT2D eigenvalue weighted by Crippen LogP contribution is 2.28. The van der Waals surface area contributed by atoms with Gasteiger partial charge in [-0.05, 0) is 62.1 Å². The number of ether oxygens (including phenoxy) is 2. The predicted octanol–water partition coefficient (Wildman–Crippen LogP) is 3.75. The van der Waals surface area contributed by atoms with E-state index in [1.807, 2.05) is 32.0 Å². The Balaban J connectivity index is 1.66. The molecule has 0 radical (unpaired) electrons. The molecule has 1 aliphatic rings. The molecule has 2 amide bonds. The van der Waals surface area contributed by atoms with Gasteiger partial charge in [0.05, 0.1) is 13.2 Å². The summed E-state index contributed by atoms with van der Waals surface area (Å²) in [6.07, 6.45) is 0.714. The summed E-state index contributed by atoms with van der Waals surface area (Å²) < 4.78 is 11.0. The predicted molar refractivity (Wildman–Crippen MR) is 98.8 cm³/mol. The fourth-order valence-electron chi connectivity index (χ4n) is 3.30. The molecule has 0 spiro atoms. The lowest BCUT2D eigenvalue weighted by Gasteiger charge is -2.26. The van der Waals surface area contributed by atoms with Crippen LogP contribution < -0.4 is 20.1 Å². The van der Waals surface area contributed by atoms with Crippen LogP contribution in [0, 0.1) is 20.8 Å². The Labute approximate surface area is 148 Å². The number of carbonyl (C=O) groups excluding carboxylic acids is 1. The summed E-state index contributed by atoms with van der Waals surface area (Å²) in [6.45, 7) is 6.51. The number of amides is 2. The molecule has 0 unspecified atom stereocenters. The van der Waals surface area contributed by atoms with Crippen molar-refractivity contribution < 1.29 is 14.3 Å². The van der Waals surface area contributed by atoms with Gasteiger partial charge in [0.25, 0.3) is 0 Å². The van der Waals surface area contributed by atoms with Crippen LogP contribution in [0.25, 0.3) is 0 Å². The molecule has 0 saturated heterocycles. The molecule has 0 saturated carbocycles. The van der Waals surface area contributed by atoms with E-state index in [0.717, 1.165) is 33.9 Å². The van der Waals surface area contributed by atoms with Crippen molar-refractivity contribution in [2.45, 2.75) is 33.2 Å². The van der Waals surface area contributed by atoms with Crippen molar-refractivity contribution in [2.75, 3.05) is 19.0 Å². The highest BCUT2D eigenvalue weighted by Gasteiger charge is 2.22. The standard InChI is InChI=1S/C20H24N2O3/c1-12-7-13(2)19(14(3)8-12)22-20(23)21-16-9-15-10-17(24-4)5-6-18(15)25-11-16/h5-8,10,16H,9,11H2,1-4H3,(H2,21,22,23)/t16-/m0/s1. The lowest BCUT2D eigenvalue weighted by atomic mass is 10.0. The third kappa shape index (κ3) is 3.87. The van der Waals surface area contributed by atoms with Crippen molar-refractivity contribution in [1.82, 2.24) is 5.32 Å². The first-order chi connectivity index (χ1) is 12.0. The van der Waals surface area contributed by atoms with Gasteiger partial charge in [0, 0.05) is 5.69 Å². The number of nitrogens with one attached hydrogen (secondary N) is 2. The zero-order valence-corrected chi connectivity index (χ0v) is 15.1. The van der Waals surface area contributed by atoms with E-state index >= 15 is 0 Å². The van der Waals surface area contributed by atoms with Crippen LogP contribution in [0.15, 0.2) is 30.3 Å². The molecule has 0 aromatic heterocycles. The third-order valence-corrected chi connectivity index (χ3v) is 4.42. The van der Waals surface area contributed by atoms with Gasteiger partial charge in [-0.3, -0.25) is 0 Å². The van der Waals surface area contributed by atoms with E-state index in [-0.39, 0.29) is 12.1 Å². The zero-order chi connectivity index (χ0) is 18.0. The van der Waals surface area contributed by atoms with Gasteiger partial charge in [0.15, 0.2) is 0 Å². The minimum atomic E-state index is -0.213. The molecule has 1 aliphatic heterocycles. The van der Waals surface area contributed by atoms with Crippen molar-refractivity contribution in [3.63, 3.8) is 0 Å². The fraction of sp³-hybridized carbons (Fsp3) is 0.350. The Bertz CT molecular complexity index is 779. The molecule has 0 aliphatic carbocycles. The molecule has 132 valence electrons. The van der Waals surface area contributed by atoms with Crippen LogP contribution in [0.3, 0.4) is 0 Å². The maximum atomic E-state index is 12.4. The maximum Gasteiger partial charge on any atom is 0.319 e. The summed E-state index contributed by atoms with van der Waals surface area (Å²) in [5, 5.41) is 5.97. The summed E-state index contributed by atoms with van der Waals surface area (Å²) in [5.74, 6) is 1.64. The van der Waals surface area contributed by atoms with E-state index in [1.54, 1.807) is 7.11 Å². The summed E-state index contributed by atoms with van der Waals surface area (Å²) in [4.78, 5) is 12.4. The van der Waals surface area contributed by atoms with E-state index in [9.17, 15) is 4.79 Å². The van der Waals surface area contributed by atoms with Gasteiger partial charge in [0.2, 0.25) is 0 Å². The summed E-state index contributed by atoms with van der Waals surface area (Å²) in [5.41, 5.74) is 5.21. The van der Waals surface area contributed by atoms with Crippen molar-refractivity contribution in [1.29, 1.82) is 0 Å². The second kappa shape index (κ2) is 7.05. The Morgan fingerprint density at radius 2 is 1.88 bits per heavy atom. The summed E-state index contributed by atoms with van der Waals surface area (Å²) >= 11 is 0. The molecular weight excluding hydrogens is 316 g/mol. The van der Waals surface area contributed by atoms with E-state index in [2.05, 4.69) is 29.7 Å². The van der Waals surface area contributed by atoms with Crippen LogP contribution in [-0.4, -0.2) is 25.8 Å². The lowest BCUT2D eigenvalue weighted by molar-refractivity contribution is 0.222. The van der Waals surface area contributed by atoms with Gasteiger partial charge in [0.1, 0.15) is 18.1 Å². The number of carbonyl (C=O) groups is 1. The Morgan fingerprint density at radius 3 is 2.56 bits per heavy atom. The molecule has 1 heterocycles. The number of benzene rings is 2. The molecule has 0 fully saturated rings. The van der Waals surface area contributed by atoms with Crippen LogP contribution >= 0.6 is 0 Å². The summed E-state index contributed by atoms with van der Waals surface area (Å²) in [6, 6.07) is 9.57. The normalized spacial score (nSPS) is 15.8. The van der Waals surface area contributed by atoms with Crippen LogP contribution in [0.1, 0.15) is 22.3 Å². The first kappa shape index (κ1) is 17.1. The molecule has 2 aromatic carbocycles. The third-order valence-electron chi connectivity index (χ3n) is 4.42. The van der Waals surface area contributed by atoms with Crippen LogP contribution in [-0.2, 0) is 6.42 Å². The number of methoxy groups -OCH3 is 1. The first-order valence-corrected chi connectivity index (χ1v) is 8.41. The van der Waals surface area contributed by atoms with Gasteiger partial charge in [-0.25, -0.2) is 4.79 Å². The van der Waals surface area contributed by atoms with Gasteiger partial charge < -0.3 is 20.1 Å². The van der Waals surface area contributed by atoms with Crippen LogP contribution in [0.5, 0.6) is 11.5 Å². The number of hydrogen-bond donors (Lipinski definition) is 2. The number of rotatable bonds is 3. The van der Waals surface area contributed by atoms with Crippen molar-refractivity contribution >= 4 is 11.7 Å². The highest BCUT2D eigenvalue weighted by molar-refractivity contribution is 5.91. The smallest absolute Gasteiger partial charge is 0.319 e. The number of hydrogen-bond acceptors (Lipinski definition) is 3. The molecular formula is C20H24N2O3. The monoisotopic (exact) mass is 340 g/mol. The lowest BCUT2D eigenvalue weighted by Crippen LogP contribution is -2.44.